The zero-order valence-electron chi connectivity index (χ0n) is 11.8. The van der Waals surface area contributed by atoms with E-state index in [1.807, 2.05) is 24.8 Å². The molecule has 1 heterocycles. The summed E-state index contributed by atoms with van der Waals surface area (Å²) in [5.74, 6) is 0.00722. The number of aliphatic hydroxyl groups excluding tert-OH is 1. The molecule has 0 radical (unpaired) electrons. The molecule has 0 bridgehead atoms. The Bertz CT molecular complexity index is 438. The standard InChI is InChI=1S/C14H23N3O2/c1-3-11-10-13(17(4-2)15-11)14(19)16(8-9-18)12-6-5-7-12/h10,12,18H,3-9H2,1-2H3. The average Bonchev–Trinajstić information content (AvgIpc) is 2.78. The van der Waals surface area contributed by atoms with Crippen molar-refractivity contribution in [2.75, 3.05) is 13.2 Å². The summed E-state index contributed by atoms with van der Waals surface area (Å²) in [4.78, 5) is 14.4. The Balaban J connectivity index is 2.22. The van der Waals surface area contributed by atoms with Gasteiger partial charge in [-0.25, -0.2) is 0 Å². The molecule has 5 nitrogen and oxygen atoms in total. The van der Waals surface area contributed by atoms with Gasteiger partial charge >= 0.3 is 0 Å². The zero-order valence-corrected chi connectivity index (χ0v) is 11.8. The van der Waals surface area contributed by atoms with E-state index >= 15 is 0 Å². The summed E-state index contributed by atoms with van der Waals surface area (Å²) in [6, 6.07) is 2.18. The van der Waals surface area contributed by atoms with Crippen molar-refractivity contribution >= 4 is 5.91 Å². The number of carbonyl (C=O) groups is 1. The second-order valence-corrected chi connectivity index (χ2v) is 5.00. The van der Waals surface area contributed by atoms with Crippen LogP contribution in [0.1, 0.15) is 49.3 Å². The van der Waals surface area contributed by atoms with E-state index in [1.165, 1.54) is 6.42 Å². The van der Waals surface area contributed by atoms with Crippen LogP contribution in [0.4, 0.5) is 0 Å². The fourth-order valence-corrected chi connectivity index (χ4v) is 2.46. The van der Waals surface area contributed by atoms with Crippen LogP contribution in [0.25, 0.3) is 0 Å². The molecular weight excluding hydrogens is 242 g/mol. The molecule has 1 N–H and O–H groups in total. The third-order valence-corrected chi connectivity index (χ3v) is 3.83. The summed E-state index contributed by atoms with van der Waals surface area (Å²) >= 11 is 0. The van der Waals surface area contributed by atoms with Gasteiger partial charge in [0.1, 0.15) is 5.69 Å². The third kappa shape index (κ3) is 2.81. The van der Waals surface area contributed by atoms with E-state index in [0.29, 0.717) is 24.8 Å². The van der Waals surface area contributed by atoms with E-state index in [1.54, 1.807) is 4.68 Å². The molecule has 1 saturated carbocycles. The van der Waals surface area contributed by atoms with E-state index < -0.39 is 0 Å². The van der Waals surface area contributed by atoms with Gasteiger partial charge in [-0.2, -0.15) is 5.10 Å². The van der Waals surface area contributed by atoms with Gasteiger partial charge in [0.2, 0.25) is 0 Å². The Morgan fingerprint density at radius 1 is 1.53 bits per heavy atom. The van der Waals surface area contributed by atoms with Crippen LogP contribution in [-0.4, -0.2) is 44.9 Å². The fourth-order valence-electron chi connectivity index (χ4n) is 2.46. The minimum atomic E-state index is 0.00722. The molecule has 1 aromatic rings. The molecule has 0 aromatic carbocycles. The summed E-state index contributed by atoms with van der Waals surface area (Å²) in [5, 5.41) is 13.6. The maximum absolute atomic E-state index is 12.6. The lowest BCUT2D eigenvalue weighted by Gasteiger charge is -2.37. The van der Waals surface area contributed by atoms with Crippen molar-refractivity contribution < 1.29 is 9.90 Å². The Morgan fingerprint density at radius 3 is 2.74 bits per heavy atom. The molecule has 19 heavy (non-hydrogen) atoms. The van der Waals surface area contributed by atoms with Crippen molar-refractivity contribution in [2.24, 2.45) is 0 Å². The summed E-state index contributed by atoms with van der Waals surface area (Å²) < 4.78 is 1.77. The van der Waals surface area contributed by atoms with E-state index in [9.17, 15) is 4.79 Å². The first-order valence-electron chi connectivity index (χ1n) is 7.19. The smallest absolute Gasteiger partial charge is 0.272 e. The average molecular weight is 265 g/mol. The van der Waals surface area contributed by atoms with E-state index in [-0.39, 0.29) is 12.5 Å². The lowest BCUT2D eigenvalue weighted by molar-refractivity contribution is 0.0513. The van der Waals surface area contributed by atoms with Gasteiger partial charge in [-0.3, -0.25) is 9.48 Å². The quantitative estimate of drug-likeness (QED) is 0.847. The minimum absolute atomic E-state index is 0.00722. The molecule has 0 saturated heterocycles. The predicted octanol–water partition coefficient (Wildman–Crippen LogP) is 1.45. The molecule has 5 heteroatoms. The van der Waals surface area contributed by atoms with E-state index in [0.717, 1.165) is 25.0 Å². The Kier molecular flexibility index (Phi) is 4.58. The number of carbonyl (C=O) groups excluding carboxylic acids is 1. The minimum Gasteiger partial charge on any atom is -0.395 e. The molecule has 0 spiro atoms. The second kappa shape index (κ2) is 6.19. The maximum Gasteiger partial charge on any atom is 0.272 e. The number of aliphatic hydroxyl groups is 1. The lowest BCUT2D eigenvalue weighted by Crippen LogP contribution is -2.46. The van der Waals surface area contributed by atoms with Crippen LogP contribution in [0.3, 0.4) is 0 Å². The van der Waals surface area contributed by atoms with E-state index in [2.05, 4.69) is 5.10 Å². The highest BCUT2D eigenvalue weighted by Gasteiger charge is 2.30. The molecule has 1 amide bonds. The van der Waals surface area contributed by atoms with Crippen LogP contribution in [0, 0.1) is 0 Å². The van der Waals surface area contributed by atoms with Gasteiger partial charge in [0.15, 0.2) is 0 Å². The van der Waals surface area contributed by atoms with Crippen LogP contribution in [0.2, 0.25) is 0 Å². The molecule has 1 fully saturated rings. The van der Waals surface area contributed by atoms with Gasteiger partial charge in [-0.05, 0) is 38.7 Å². The van der Waals surface area contributed by atoms with Gasteiger partial charge in [0.25, 0.3) is 5.91 Å². The normalized spacial score (nSPS) is 15.3. The van der Waals surface area contributed by atoms with Crippen LogP contribution in [0.5, 0.6) is 0 Å². The molecule has 0 atom stereocenters. The SMILES string of the molecule is CCc1cc(C(=O)N(CCO)C2CCC2)n(CC)n1. The van der Waals surface area contributed by atoms with Crippen molar-refractivity contribution in [2.45, 2.75) is 52.1 Å². The summed E-state index contributed by atoms with van der Waals surface area (Å²) in [6.45, 7) is 5.15. The number of hydrogen-bond acceptors (Lipinski definition) is 3. The molecule has 106 valence electrons. The van der Waals surface area contributed by atoms with Crippen molar-refractivity contribution in [1.29, 1.82) is 0 Å². The highest BCUT2D eigenvalue weighted by atomic mass is 16.3. The summed E-state index contributed by atoms with van der Waals surface area (Å²) in [7, 11) is 0. The van der Waals surface area contributed by atoms with Crippen LogP contribution >= 0.6 is 0 Å². The first-order chi connectivity index (χ1) is 9.21. The van der Waals surface area contributed by atoms with Crippen LogP contribution in [-0.2, 0) is 13.0 Å². The molecule has 1 aromatic heterocycles. The molecule has 0 aliphatic heterocycles. The number of hydrogen-bond donors (Lipinski definition) is 1. The lowest BCUT2D eigenvalue weighted by atomic mass is 9.91. The van der Waals surface area contributed by atoms with Crippen molar-refractivity contribution in [1.82, 2.24) is 14.7 Å². The summed E-state index contributed by atoms with van der Waals surface area (Å²) in [5.41, 5.74) is 1.60. The highest BCUT2D eigenvalue weighted by Crippen LogP contribution is 2.26. The fraction of sp³-hybridized carbons (Fsp3) is 0.714. The van der Waals surface area contributed by atoms with Gasteiger partial charge in [0, 0.05) is 19.1 Å². The Labute approximate surface area is 114 Å². The molecule has 2 rings (SSSR count). The summed E-state index contributed by atoms with van der Waals surface area (Å²) in [6.07, 6.45) is 4.10. The maximum atomic E-state index is 12.6. The Morgan fingerprint density at radius 2 is 2.26 bits per heavy atom. The highest BCUT2D eigenvalue weighted by molar-refractivity contribution is 5.93. The van der Waals surface area contributed by atoms with Crippen molar-refractivity contribution in [3.63, 3.8) is 0 Å². The van der Waals surface area contributed by atoms with Gasteiger partial charge in [-0.1, -0.05) is 6.92 Å². The van der Waals surface area contributed by atoms with Crippen molar-refractivity contribution in [3.05, 3.63) is 17.5 Å². The van der Waals surface area contributed by atoms with Gasteiger partial charge < -0.3 is 10.0 Å². The second-order valence-electron chi connectivity index (χ2n) is 5.00. The van der Waals surface area contributed by atoms with Gasteiger partial charge in [-0.15, -0.1) is 0 Å². The Hall–Kier alpha value is -1.36. The first kappa shape index (κ1) is 14.1. The van der Waals surface area contributed by atoms with Crippen LogP contribution in [0.15, 0.2) is 6.07 Å². The monoisotopic (exact) mass is 265 g/mol. The molecule has 0 unspecified atom stereocenters. The van der Waals surface area contributed by atoms with Crippen LogP contribution < -0.4 is 0 Å². The first-order valence-corrected chi connectivity index (χ1v) is 7.19. The molecule has 1 aliphatic carbocycles. The van der Waals surface area contributed by atoms with E-state index in [4.69, 9.17) is 5.11 Å². The molecular formula is C14H23N3O2. The number of aromatic nitrogens is 2. The zero-order chi connectivity index (χ0) is 13.8. The predicted molar refractivity (Wildman–Crippen MR) is 73.0 cm³/mol. The number of rotatable bonds is 6. The number of nitrogens with zero attached hydrogens (tertiary/aromatic N) is 3. The molecule has 1 aliphatic rings. The topological polar surface area (TPSA) is 58.4 Å². The third-order valence-electron chi connectivity index (χ3n) is 3.83. The number of aryl methyl sites for hydroxylation is 2. The largest absolute Gasteiger partial charge is 0.395 e. The number of amides is 1. The van der Waals surface area contributed by atoms with Crippen molar-refractivity contribution in [3.8, 4) is 0 Å². The van der Waals surface area contributed by atoms with Gasteiger partial charge in [0.05, 0.1) is 12.3 Å².